The topological polar surface area (TPSA) is 48.7 Å². The van der Waals surface area contributed by atoms with Crippen LogP contribution in [0.2, 0.25) is 0 Å². The molecule has 0 N–H and O–H groups in total. The molecule has 0 unspecified atom stereocenters. The van der Waals surface area contributed by atoms with Gasteiger partial charge >= 0.3 is 0 Å². The van der Waals surface area contributed by atoms with Crippen LogP contribution in [0.1, 0.15) is 38.1 Å². The fourth-order valence-electron chi connectivity index (χ4n) is 2.89. The normalized spacial score (nSPS) is 17.3. The van der Waals surface area contributed by atoms with Crippen LogP contribution in [-0.4, -0.2) is 28.6 Å². The van der Waals surface area contributed by atoms with Gasteiger partial charge in [0.2, 0.25) is 17.5 Å². The standard InChI is InChI=1S/C14H19N3O2/c1-14(2)7-5-6-9-12(14)16-13-15-10(18-3)8-11(19-4)17(9)13/h8H,5-7H2,1-4H3. The van der Waals surface area contributed by atoms with Gasteiger partial charge in [-0.1, -0.05) is 13.8 Å². The number of imidazole rings is 1. The number of aryl methyl sites for hydroxylation is 1. The molecule has 19 heavy (non-hydrogen) atoms. The Morgan fingerprint density at radius 1 is 1.21 bits per heavy atom. The van der Waals surface area contributed by atoms with Gasteiger partial charge < -0.3 is 9.47 Å². The fraction of sp³-hybridized carbons (Fsp3) is 0.571. The lowest BCUT2D eigenvalue weighted by atomic mass is 9.78. The maximum absolute atomic E-state index is 5.47. The molecule has 2 heterocycles. The zero-order valence-electron chi connectivity index (χ0n) is 11.9. The molecule has 102 valence electrons. The molecule has 0 atom stereocenters. The van der Waals surface area contributed by atoms with E-state index in [4.69, 9.17) is 14.5 Å². The van der Waals surface area contributed by atoms with Crippen molar-refractivity contribution in [1.29, 1.82) is 0 Å². The minimum Gasteiger partial charge on any atom is -0.482 e. The molecule has 0 spiro atoms. The van der Waals surface area contributed by atoms with Crippen LogP contribution in [0.3, 0.4) is 0 Å². The number of fused-ring (bicyclic) bond motifs is 3. The van der Waals surface area contributed by atoms with Crippen LogP contribution in [-0.2, 0) is 11.8 Å². The molecule has 0 amide bonds. The van der Waals surface area contributed by atoms with Crippen molar-refractivity contribution in [3.8, 4) is 11.8 Å². The lowest BCUT2D eigenvalue weighted by Gasteiger charge is -2.28. The van der Waals surface area contributed by atoms with Crippen LogP contribution >= 0.6 is 0 Å². The smallest absolute Gasteiger partial charge is 0.240 e. The second kappa shape index (κ2) is 4.11. The van der Waals surface area contributed by atoms with Crippen LogP contribution in [0.5, 0.6) is 11.8 Å². The van der Waals surface area contributed by atoms with Gasteiger partial charge in [-0.2, -0.15) is 4.98 Å². The molecule has 0 bridgehead atoms. The summed E-state index contributed by atoms with van der Waals surface area (Å²) in [5.74, 6) is 1.92. The fourth-order valence-corrected chi connectivity index (χ4v) is 2.89. The number of hydrogen-bond acceptors (Lipinski definition) is 4. The summed E-state index contributed by atoms with van der Waals surface area (Å²) >= 11 is 0. The van der Waals surface area contributed by atoms with Crippen molar-refractivity contribution in [2.45, 2.75) is 38.5 Å². The molecule has 0 aromatic carbocycles. The van der Waals surface area contributed by atoms with Crippen molar-refractivity contribution >= 4 is 5.78 Å². The molecule has 1 aliphatic carbocycles. The Bertz CT molecular complexity index is 631. The third-order valence-corrected chi connectivity index (χ3v) is 3.91. The van der Waals surface area contributed by atoms with E-state index in [9.17, 15) is 0 Å². The quantitative estimate of drug-likeness (QED) is 0.832. The first kappa shape index (κ1) is 12.3. The van der Waals surface area contributed by atoms with Crippen molar-refractivity contribution in [3.05, 3.63) is 17.5 Å². The van der Waals surface area contributed by atoms with Crippen molar-refractivity contribution in [3.63, 3.8) is 0 Å². The van der Waals surface area contributed by atoms with Gasteiger partial charge in [0.25, 0.3) is 0 Å². The average molecular weight is 261 g/mol. The van der Waals surface area contributed by atoms with E-state index in [0.717, 1.165) is 24.4 Å². The molecule has 0 saturated carbocycles. The molecule has 0 aliphatic heterocycles. The third kappa shape index (κ3) is 1.76. The zero-order valence-corrected chi connectivity index (χ0v) is 11.9. The Morgan fingerprint density at radius 2 is 2.00 bits per heavy atom. The molecule has 2 aromatic heterocycles. The average Bonchev–Trinajstić information content (AvgIpc) is 2.77. The molecule has 5 nitrogen and oxygen atoms in total. The highest BCUT2D eigenvalue weighted by Crippen LogP contribution is 2.38. The largest absolute Gasteiger partial charge is 0.482 e. The zero-order chi connectivity index (χ0) is 13.6. The first-order valence-corrected chi connectivity index (χ1v) is 6.57. The Labute approximate surface area is 112 Å². The lowest BCUT2D eigenvalue weighted by Crippen LogP contribution is -2.24. The number of ether oxygens (including phenoxy) is 2. The molecule has 1 aliphatic rings. The van der Waals surface area contributed by atoms with Crippen LogP contribution in [0.25, 0.3) is 5.78 Å². The van der Waals surface area contributed by atoms with Crippen molar-refractivity contribution in [1.82, 2.24) is 14.4 Å². The monoisotopic (exact) mass is 261 g/mol. The summed E-state index contributed by atoms with van der Waals surface area (Å²) in [4.78, 5) is 9.14. The molecule has 0 fully saturated rings. The maximum Gasteiger partial charge on any atom is 0.240 e. The maximum atomic E-state index is 5.47. The summed E-state index contributed by atoms with van der Waals surface area (Å²) in [5.41, 5.74) is 2.45. The highest BCUT2D eigenvalue weighted by molar-refractivity contribution is 5.46. The van der Waals surface area contributed by atoms with Crippen LogP contribution < -0.4 is 9.47 Å². The number of methoxy groups -OCH3 is 2. The summed E-state index contributed by atoms with van der Waals surface area (Å²) in [6.07, 6.45) is 3.34. The van der Waals surface area contributed by atoms with Gasteiger partial charge in [-0.15, -0.1) is 0 Å². The molecule has 3 rings (SSSR count). The Kier molecular flexibility index (Phi) is 2.66. The van der Waals surface area contributed by atoms with Gasteiger partial charge in [0.15, 0.2) is 0 Å². The van der Waals surface area contributed by atoms with Gasteiger partial charge in [-0.05, 0) is 19.3 Å². The van der Waals surface area contributed by atoms with E-state index in [-0.39, 0.29) is 5.41 Å². The van der Waals surface area contributed by atoms with Gasteiger partial charge in [0.1, 0.15) is 0 Å². The second-order valence-corrected chi connectivity index (χ2v) is 5.62. The van der Waals surface area contributed by atoms with Gasteiger partial charge in [0.05, 0.1) is 31.7 Å². The molecule has 0 radical (unpaired) electrons. The first-order valence-electron chi connectivity index (χ1n) is 6.57. The Morgan fingerprint density at radius 3 is 2.68 bits per heavy atom. The van der Waals surface area contributed by atoms with Crippen molar-refractivity contribution < 1.29 is 9.47 Å². The van der Waals surface area contributed by atoms with E-state index in [1.165, 1.54) is 12.1 Å². The summed E-state index contributed by atoms with van der Waals surface area (Å²) in [7, 11) is 3.26. The van der Waals surface area contributed by atoms with E-state index in [2.05, 4.69) is 18.8 Å². The predicted octanol–water partition coefficient (Wildman–Crippen LogP) is 2.36. The van der Waals surface area contributed by atoms with E-state index in [0.29, 0.717) is 11.7 Å². The van der Waals surface area contributed by atoms with E-state index in [1.807, 2.05) is 4.40 Å². The summed E-state index contributed by atoms with van der Waals surface area (Å²) in [6, 6.07) is 1.80. The Balaban J connectivity index is 2.33. The summed E-state index contributed by atoms with van der Waals surface area (Å²) < 4.78 is 12.7. The number of aromatic nitrogens is 3. The van der Waals surface area contributed by atoms with Crippen LogP contribution in [0.15, 0.2) is 6.07 Å². The van der Waals surface area contributed by atoms with E-state index in [1.54, 1.807) is 20.3 Å². The van der Waals surface area contributed by atoms with Crippen molar-refractivity contribution in [2.75, 3.05) is 14.2 Å². The van der Waals surface area contributed by atoms with E-state index >= 15 is 0 Å². The summed E-state index contributed by atoms with van der Waals surface area (Å²) in [6.45, 7) is 4.47. The van der Waals surface area contributed by atoms with Gasteiger partial charge in [0, 0.05) is 5.41 Å². The minimum atomic E-state index is 0.0968. The summed E-state index contributed by atoms with van der Waals surface area (Å²) in [5, 5.41) is 0. The number of hydrogen-bond donors (Lipinski definition) is 0. The molecular formula is C14H19N3O2. The lowest BCUT2D eigenvalue weighted by molar-refractivity contribution is 0.366. The Hall–Kier alpha value is -1.78. The van der Waals surface area contributed by atoms with Gasteiger partial charge in [-0.25, -0.2) is 4.98 Å². The third-order valence-electron chi connectivity index (χ3n) is 3.91. The molecule has 0 saturated heterocycles. The number of nitrogens with zero attached hydrogens (tertiary/aromatic N) is 3. The second-order valence-electron chi connectivity index (χ2n) is 5.62. The highest BCUT2D eigenvalue weighted by Gasteiger charge is 2.33. The molecular weight excluding hydrogens is 242 g/mol. The molecule has 5 heteroatoms. The predicted molar refractivity (Wildman–Crippen MR) is 72.1 cm³/mol. The number of rotatable bonds is 2. The minimum absolute atomic E-state index is 0.0968. The van der Waals surface area contributed by atoms with Gasteiger partial charge in [-0.3, -0.25) is 4.40 Å². The van der Waals surface area contributed by atoms with E-state index < -0.39 is 0 Å². The van der Waals surface area contributed by atoms with Crippen LogP contribution in [0.4, 0.5) is 0 Å². The van der Waals surface area contributed by atoms with Crippen molar-refractivity contribution in [2.24, 2.45) is 0 Å². The first-order chi connectivity index (χ1) is 9.06. The highest BCUT2D eigenvalue weighted by atomic mass is 16.5. The molecule has 2 aromatic rings. The SMILES string of the molecule is COc1cc(OC)n2c3c(nc2n1)C(C)(C)CCC3. The van der Waals surface area contributed by atoms with Crippen LogP contribution in [0, 0.1) is 0 Å².